The maximum absolute atomic E-state index is 13.3. The molecule has 4 nitrogen and oxygen atoms in total. The summed E-state index contributed by atoms with van der Waals surface area (Å²) in [5, 5.41) is 14.6. The summed E-state index contributed by atoms with van der Waals surface area (Å²) in [6.45, 7) is 0. The third-order valence-corrected chi connectivity index (χ3v) is 4.61. The molecule has 0 heterocycles. The Morgan fingerprint density at radius 2 is 2.00 bits per heavy atom. The highest BCUT2D eigenvalue weighted by Gasteiger charge is 2.21. The number of nitro groups is 1. The van der Waals surface area contributed by atoms with Gasteiger partial charge in [-0.25, -0.2) is 4.39 Å². The van der Waals surface area contributed by atoms with E-state index in [1.54, 1.807) is 0 Å². The molecule has 104 valence electrons. The van der Waals surface area contributed by atoms with Crippen LogP contribution in [0.5, 0.6) is 0 Å². The molecular weight excluding hydrogens is 267 g/mol. The molecule has 0 bridgehead atoms. The lowest BCUT2D eigenvalue weighted by molar-refractivity contribution is -0.385. The fourth-order valence-electron chi connectivity index (χ4n) is 2.44. The molecule has 1 fully saturated rings. The fourth-order valence-corrected chi connectivity index (χ4v) is 3.19. The number of rotatable bonds is 4. The van der Waals surface area contributed by atoms with Gasteiger partial charge in [-0.05, 0) is 38.0 Å². The van der Waals surface area contributed by atoms with Crippen molar-refractivity contribution in [3.63, 3.8) is 0 Å². The van der Waals surface area contributed by atoms with Crippen LogP contribution in [0.4, 0.5) is 15.8 Å². The van der Waals surface area contributed by atoms with E-state index in [0.29, 0.717) is 10.9 Å². The Morgan fingerprint density at radius 1 is 1.32 bits per heavy atom. The fraction of sp³-hybridized carbons (Fsp3) is 0.538. The summed E-state index contributed by atoms with van der Waals surface area (Å²) < 4.78 is 13.3. The van der Waals surface area contributed by atoms with Crippen LogP contribution in [0, 0.1) is 15.9 Å². The molecule has 1 aromatic carbocycles. The van der Waals surface area contributed by atoms with Crippen LogP contribution in [-0.4, -0.2) is 22.5 Å². The lowest BCUT2D eigenvalue weighted by Crippen LogP contribution is -2.27. The van der Waals surface area contributed by atoms with Crippen molar-refractivity contribution in [2.75, 3.05) is 11.6 Å². The predicted octanol–water partition coefficient (Wildman–Crippen LogP) is 3.82. The number of nitrogens with zero attached hydrogens (tertiary/aromatic N) is 1. The van der Waals surface area contributed by atoms with Crippen LogP contribution in [0.25, 0.3) is 0 Å². The average molecular weight is 284 g/mol. The second-order valence-corrected chi connectivity index (χ2v) is 5.95. The van der Waals surface area contributed by atoms with Gasteiger partial charge in [-0.15, -0.1) is 0 Å². The van der Waals surface area contributed by atoms with E-state index in [1.807, 2.05) is 11.8 Å². The highest BCUT2D eigenvalue weighted by molar-refractivity contribution is 7.99. The van der Waals surface area contributed by atoms with Crippen molar-refractivity contribution in [1.29, 1.82) is 0 Å². The van der Waals surface area contributed by atoms with Gasteiger partial charge >= 0.3 is 0 Å². The SMILES string of the molecule is CSC1CCC(Nc2cc(F)cc([N+](=O)[O-])c2)CC1. The van der Waals surface area contributed by atoms with Gasteiger partial charge in [0.2, 0.25) is 0 Å². The van der Waals surface area contributed by atoms with Gasteiger partial charge in [0, 0.05) is 23.0 Å². The van der Waals surface area contributed by atoms with Gasteiger partial charge in [0.15, 0.2) is 0 Å². The zero-order valence-corrected chi connectivity index (χ0v) is 11.6. The molecule has 6 heteroatoms. The highest BCUT2D eigenvalue weighted by Crippen LogP contribution is 2.29. The minimum Gasteiger partial charge on any atom is -0.382 e. The minimum absolute atomic E-state index is 0.208. The number of benzene rings is 1. The number of nitrogens with one attached hydrogen (secondary N) is 1. The molecule has 19 heavy (non-hydrogen) atoms. The first-order valence-electron chi connectivity index (χ1n) is 6.33. The third-order valence-electron chi connectivity index (χ3n) is 3.47. The molecular formula is C13H17FN2O2S. The van der Waals surface area contributed by atoms with E-state index in [2.05, 4.69) is 11.6 Å². The van der Waals surface area contributed by atoms with Crippen LogP contribution in [0.1, 0.15) is 25.7 Å². The number of halogens is 1. The van der Waals surface area contributed by atoms with E-state index < -0.39 is 10.7 Å². The lowest BCUT2D eigenvalue weighted by Gasteiger charge is -2.28. The third kappa shape index (κ3) is 3.83. The Hall–Kier alpha value is -1.30. The van der Waals surface area contributed by atoms with E-state index in [4.69, 9.17) is 0 Å². The maximum Gasteiger partial charge on any atom is 0.274 e. The Kier molecular flexibility index (Phi) is 4.63. The number of anilines is 1. The second-order valence-electron chi connectivity index (χ2n) is 4.81. The van der Waals surface area contributed by atoms with E-state index in [9.17, 15) is 14.5 Å². The summed E-state index contributed by atoms with van der Waals surface area (Å²) in [6.07, 6.45) is 6.44. The summed E-state index contributed by atoms with van der Waals surface area (Å²) in [5.74, 6) is -0.575. The number of hydrogen-bond donors (Lipinski definition) is 1. The van der Waals surface area contributed by atoms with Gasteiger partial charge in [-0.1, -0.05) is 0 Å². The van der Waals surface area contributed by atoms with Crippen LogP contribution >= 0.6 is 11.8 Å². The normalized spacial score (nSPS) is 23.1. The van der Waals surface area contributed by atoms with Crippen molar-refractivity contribution in [3.8, 4) is 0 Å². The molecule has 0 aliphatic heterocycles. The lowest BCUT2D eigenvalue weighted by atomic mass is 9.95. The molecule has 1 aliphatic rings. The molecule has 1 aliphatic carbocycles. The number of non-ortho nitro benzene ring substituents is 1. The Morgan fingerprint density at radius 3 is 2.58 bits per heavy atom. The Labute approximate surface area is 115 Å². The van der Waals surface area contributed by atoms with Crippen LogP contribution in [0.2, 0.25) is 0 Å². The summed E-state index contributed by atoms with van der Waals surface area (Å²) in [5.41, 5.74) is 0.291. The van der Waals surface area contributed by atoms with Crippen molar-refractivity contribution >= 4 is 23.1 Å². The number of hydrogen-bond acceptors (Lipinski definition) is 4. The summed E-state index contributed by atoms with van der Waals surface area (Å²) in [7, 11) is 0. The quantitative estimate of drug-likeness (QED) is 0.674. The van der Waals surface area contributed by atoms with Crippen molar-refractivity contribution in [2.45, 2.75) is 37.0 Å². The molecule has 1 saturated carbocycles. The van der Waals surface area contributed by atoms with E-state index in [1.165, 1.54) is 12.1 Å². The van der Waals surface area contributed by atoms with Crippen LogP contribution in [0.3, 0.4) is 0 Å². The maximum atomic E-state index is 13.3. The molecule has 0 atom stereocenters. The van der Waals surface area contributed by atoms with Crippen molar-refractivity contribution in [2.24, 2.45) is 0 Å². The van der Waals surface area contributed by atoms with E-state index >= 15 is 0 Å². The molecule has 1 N–H and O–H groups in total. The van der Waals surface area contributed by atoms with Gasteiger partial charge in [-0.2, -0.15) is 11.8 Å². The number of thioether (sulfide) groups is 1. The minimum atomic E-state index is -0.575. The van der Waals surface area contributed by atoms with Crippen LogP contribution < -0.4 is 5.32 Å². The summed E-state index contributed by atoms with van der Waals surface area (Å²) >= 11 is 1.89. The van der Waals surface area contributed by atoms with Crippen LogP contribution in [-0.2, 0) is 0 Å². The topological polar surface area (TPSA) is 55.2 Å². The standard InChI is InChI=1S/C13H17FN2O2S/c1-19-13-4-2-10(3-5-13)15-11-6-9(14)7-12(8-11)16(17)18/h6-8,10,13,15H,2-5H2,1H3. The zero-order chi connectivity index (χ0) is 13.8. The average Bonchev–Trinajstić information content (AvgIpc) is 2.39. The van der Waals surface area contributed by atoms with Crippen molar-refractivity contribution in [3.05, 3.63) is 34.1 Å². The van der Waals surface area contributed by atoms with Gasteiger partial charge in [0.1, 0.15) is 5.82 Å². The summed E-state index contributed by atoms with van der Waals surface area (Å²) in [6, 6.07) is 3.93. The smallest absolute Gasteiger partial charge is 0.274 e. The summed E-state index contributed by atoms with van der Waals surface area (Å²) in [4.78, 5) is 10.1. The van der Waals surface area contributed by atoms with Gasteiger partial charge in [-0.3, -0.25) is 10.1 Å². The van der Waals surface area contributed by atoms with Gasteiger partial charge in [0.25, 0.3) is 5.69 Å². The van der Waals surface area contributed by atoms with E-state index in [-0.39, 0.29) is 11.7 Å². The molecule has 0 spiro atoms. The molecule has 1 aromatic rings. The number of nitro benzene ring substituents is 1. The largest absolute Gasteiger partial charge is 0.382 e. The van der Waals surface area contributed by atoms with Crippen molar-refractivity contribution in [1.82, 2.24) is 0 Å². The van der Waals surface area contributed by atoms with Gasteiger partial charge in [0.05, 0.1) is 11.0 Å². The second kappa shape index (κ2) is 6.23. The first-order valence-corrected chi connectivity index (χ1v) is 7.61. The zero-order valence-electron chi connectivity index (χ0n) is 10.8. The Bertz CT molecular complexity index is 462. The van der Waals surface area contributed by atoms with Crippen molar-refractivity contribution < 1.29 is 9.31 Å². The van der Waals surface area contributed by atoms with Crippen LogP contribution in [0.15, 0.2) is 18.2 Å². The molecule has 0 unspecified atom stereocenters. The van der Waals surface area contributed by atoms with E-state index in [0.717, 1.165) is 31.7 Å². The molecule has 0 saturated heterocycles. The highest BCUT2D eigenvalue weighted by atomic mass is 32.2. The Balaban J connectivity index is 2.01. The molecule has 0 amide bonds. The first-order chi connectivity index (χ1) is 9.08. The molecule has 0 aromatic heterocycles. The first kappa shape index (κ1) is 14.1. The molecule has 0 radical (unpaired) electrons. The van der Waals surface area contributed by atoms with Gasteiger partial charge < -0.3 is 5.32 Å². The monoisotopic (exact) mass is 284 g/mol. The molecule has 2 rings (SSSR count). The predicted molar refractivity (Wildman–Crippen MR) is 76.2 cm³/mol.